The first-order chi connectivity index (χ1) is 6.68. The van der Waals surface area contributed by atoms with Crippen molar-refractivity contribution in [1.82, 2.24) is 0 Å². The number of hydrogen-bond donors (Lipinski definition) is 1. The Kier molecular flexibility index (Phi) is 2.57. The molecule has 2 rings (SSSR count). The van der Waals surface area contributed by atoms with Crippen LogP contribution in [0.5, 0.6) is 0 Å². The summed E-state index contributed by atoms with van der Waals surface area (Å²) in [5.74, 6) is 0. The van der Waals surface area contributed by atoms with Gasteiger partial charge in [-0.3, -0.25) is 0 Å². The van der Waals surface area contributed by atoms with Crippen LogP contribution < -0.4 is 0 Å². The van der Waals surface area contributed by atoms with Gasteiger partial charge in [-0.25, -0.2) is 0 Å². The summed E-state index contributed by atoms with van der Waals surface area (Å²) < 4.78 is 5.63. The summed E-state index contributed by atoms with van der Waals surface area (Å²) in [4.78, 5) is 0. The fourth-order valence-electron chi connectivity index (χ4n) is 1.71. The molecule has 2 atom stereocenters. The Hall–Kier alpha value is -0.860. The third-order valence-electron chi connectivity index (χ3n) is 2.90. The first kappa shape index (κ1) is 9.69. The molecule has 1 aromatic carbocycles. The molecule has 0 bridgehead atoms. The molecule has 0 aromatic heterocycles. The van der Waals surface area contributed by atoms with Crippen LogP contribution in [0.1, 0.15) is 25.3 Å². The second-order valence-electron chi connectivity index (χ2n) is 4.18. The normalized spacial score (nSPS) is 31.1. The van der Waals surface area contributed by atoms with Crippen molar-refractivity contribution < 1.29 is 9.84 Å². The molecule has 2 heteroatoms. The summed E-state index contributed by atoms with van der Waals surface area (Å²) in [5.41, 5.74) is 0.560. The molecule has 0 saturated heterocycles. The van der Waals surface area contributed by atoms with Gasteiger partial charge in [-0.15, -0.1) is 0 Å². The summed E-state index contributed by atoms with van der Waals surface area (Å²) >= 11 is 0. The van der Waals surface area contributed by atoms with Gasteiger partial charge in [0.25, 0.3) is 0 Å². The lowest BCUT2D eigenvalue weighted by molar-refractivity contribution is -0.166. The summed E-state index contributed by atoms with van der Waals surface area (Å²) in [5, 5.41) is 9.73. The smallest absolute Gasteiger partial charge is 0.0881 e. The van der Waals surface area contributed by atoms with E-state index in [0.29, 0.717) is 6.61 Å². The maximum Gasteiger partial charge on any atom is 0.0881 e. The van der Waals surface area contributed by atoms with Crippen LogP contribution in [-0.4, -0.2) is 16.8 Å². The lowest BCUT2D eigenvalue weighted by atomic mass is 9.78. The van der Waals surface area contributed by atoms with E-state index in [1.165, 1.54) is 0 Å². The molecule has 0 aliphatic heterocycles. The Balaban J connectivity index is 1.84. The van der Waals surface area contributed by atoms with Crippen molar-refractivity contribution in [2.24, 2.45) is 0 Å². The molecule has 1 fully saturated rings. The molecule has 0 amide bonds. The van der Waals surface area contributed by atoms with Crippen molar-refractivity contribution in [1.29, 1.82) is 0 Å². The number of aliphatic hydroxyl groups is 1. The first-order valence-electron chi connectivity index (χ1n) is 5.06. The Morgan fingerprint density at radius 1 is 1.43 bits per heavy atom. The fourth-order valence-corrected chi connectivity index (χ4v) is 1.71. The highest BCUT2D eigenvalue weighted by Crippen LogP contribution is 2.34. The van der Waals surface area contributed by atoms with Crippen molar-refractivity contribution in [3.05, 3.63) is 35.9 Å². The van der Waals surface area contributed by atoms with Gasteiger partial charge in [0.15, 0.2) is 0 Å². The highest BCUT2D eigenvalue weighted by atomic mass is 16.5. The number of hydrogen-bond acceptors (Lipinski definition) is 2. The molecule has 0 radical (unpaired) electrons. The van der Waals surface area contributed by atoms with Gasteiger partial charge in [-0.05, 0) is 25.3 Å². The van der Waals surface area contributed by atoms with Crippen molar-refractivity contribution >= 4 is 0 Å². The van der Waals surface area contributed by atoms with Crippen LogP contribution in [-0.2, 0) is 11.3 Å². The van der Waals surface area contributed by atoms with Gasteiger partial charge in [-0.1, -0.05) is 30.3 Å². The lowest BCUT2D eigenvalue weighted by Gasteiger charge is -2.42. The third-order valence-corrected chi connectivity index (χ3v) is 2.90. The molecule has 76 valence electrons. The van der Waals surface area contributed by atoms with E-state index in [1.54, 1.807) is 0 Å². The highest BCUT2D eigenvalue weighted by molar-refractivity contribution is 5.13. The largest absolute Gasteiger partial charge is 0.387 e. The summed E-state index contributed by atoms with van der Waals surface area (Å²) in [6.45, 7) is 2.44. The Morgan fingerprint density at radius 2 is 2.14 bits per heavy atom. The van der Waals surface area contributed by atoms with E-state index < -0.39 is 5.60 Å². The molecule has 2 nitrogen and oxygen atoms in total. The minimum atomic E-state index is -0.602. The Labute approximate surface area is 84.5 Å². The average Bonchev–Trinajstić information content (AvgIpc) is 2.18. The molecule has 1 saturated carbocycles. The van der Waals surface area contributed by atoms with E-state index in [2.05, 4.69) is 0 Å². The van der Waals surface area contributed by atoms with Crippen molar-refractivity contribution in [2.45, 2.75) is 38.1 Å². The van der Waals surface area contributed by atoms with E-state index in [1.807, 2.05) is 37.3 Å². The van der Waals surface area contributed by atoms with Gasteiger partial charge in [0.05, 0.1) is 18.3 Å². The fraction of sp³-hybridized carbons (Fsp3) is 0.500. The van der Waals surface area contributed by atoms with Crippen LogP contribution in [0.3, 0.4) is 0 Å². The molecular weight excluding hydrogens is 176 g/mol. The number of benzene rings is 1. The van der Waals surface area contributed by atoms with E-state index in [-0.39, 0.29) is 6.10 Å². The third kappa shape index (κ3) is 1.97. The number of rotatable bonds is 3. The molecule has 1 aliphatic rings. The lowest BCUT2D eigenvalue weighted by Crippen LogP contribution is -2.50. The van der Waals surface area contributed by atoms with Crippen molar-refractivity contribution in [3.63, 3.8) is 0 Å². The summed E-state index contributed by atoms with van der Waals surface area (Å²) in [6.07, 6.45) is 1.84. The predicted molar refractivity (Wildman–Crippen MR) is 54.9 cm³/mol. The predicted octanol–water partition coefficient (Wildman–Crippen LogP) is 2.12. The quantitative estimate of drug-likeness (QED) is 0.794. The second kappa shape index (κ2) is 3.71. The van der Waals surface area contributed by atoms with Crippen LogP contribution in [0.25, 0.3) is 0 Å². The molecule has 1 aromatic rings. The van der Waals surface area contributed by atoms with Crippen LogP contribution in [0, 0.1) is 0 Å². The maximum atomic E-state index is 9.73. The van der Waals surface area contributed by atoms with Crippen LogP contribution >= 0.6 is 0 Å². The van der Waals surface area contributed by atoms with E-state index in [4.69, 9.17) is 4.74 Å². The monoisotopic (exact) mass is 192 g/mol. The van der Waals surface area contributed by atoms with E-state index in [0.717, 1.165) is 18.4 Å². The Bertz CT molecular complexity index is 292. The zero-order valence-corrected chi connectivity index (χ0v) is 8.44. The van der Waals surface area contributed by atoms with Crippen LogP contribution in [0.2, 0.25) is 0 Å². The van der Waals surface area contributed by atoms with Crippen LogP contribution in [0.15, 0.2) is 30.3 Å². The molecule has 0 spiro atoms. The van der Waals surface area contributed by atoms with Gasteiger partial charge >= 0.3 is 0 Å². The summed E-state index contributed by atoms with van der Waals surface area (Å²) in [6, 6.07) is 10.1. The maximum absolute atomic E-state index is 9.73. The minimum Gasteiger partial charge on any atom is -0.387 e. The van der Waals surface area contributed by atoms with Gasteiger partial charge in [0.2, 0.25) is 0 Å². The van der Waals surface area contributed by atoms with Gasteiger partial charge in [0, 0.05) is 0 Å². The second-order valence-corrected chi connectivity index (χ2v) is 4.18. The van der Waals surface area contributed by atoms with Crippen molar-refractivity contribution in [3.8, 4) is 0 Å². The SMILES string of the molecule is C[C@@]1(O)CC[C@@H]1OCc1ccccc1. The molecule has 14 heavy (non-hydrogen) atoms. The average molecular weight is 192 g/mol. The zero-order valence-electron chi connectivity index (χ0n) is 8.44. The molecule has 0 unspecified atom stereocenters. The molecule has 1 aliphatic carbocycles. The summed E-state index contributed by atoms with van der Waals surface area (Å²) in [7, 11) is 0. The topological polar surface area (TPSA) is 29.5 Å². The molecular formula is C12H16O2. The van der Waals surface area contributed by atoms with Gasteiger partial charge in [-0.2, -0.15) is 0 Å². The first-order valence-corrected chi connectivity index (χ1v) is 5.06. The zero-order chi connectivity index (χ0) is 10.0. The highest BCUT2D eigenvalue weighted by Gasteiger charge is 2.41. The molecule has 0 heterocycles. The molecule has 1 N–H and O–H groups in total. The number of ether oxygens (including phenoxy) is 1. The van der Waals surface area contributed by atoms with E-state index in [9.17, 15) is 5.11 Å². The van der Waals surface area contributed by atoms with Gasteiger partial charge in [0.1, 0.15) is 0 Å². The van der Waals surface area contributed by atoms with E-state index >= 15 is 0 Å². The van der Waals surface area contributed by atoms with Gasteiger partial charge < -0.3 is 9.84 Å². The van der Waals surface area contributed by atoms with Crippen molar-refractivity contribution in [2.75, 3.05) is 0 Å². The minimum absolute atomic E-state index is 0.0164. The Morgan fingerprint density at radius 3 is 2.64 bits per heavy atom. The standard InChI is InChI=1S/C12H16O2/c1-12(13)8-7-11(12)14-9-10-5-3-2-4-6-10/h2-6,11,13H,7-9H2,1H3/t11-,12+/m0/s1. The van der Waals surface area contributed by atoms with Crippen LogP contribution in [0.4, 0.5) is 0 Å².